The number of anilines is 1. The minimum Gasteiger partial charge on any atom is -0.457 e. The zero-order chi connectivity index (χ0) is 14.7. The molecule has 0 amide bonds. The summed E-state index contributed by atoms with van der Waals surface area (Å²) < 4.78 is 18.6. The predicted molar refractivity (Wildman–Crippen MR) is 78.8 cm³/mol. The van der Waals surface area contributed by atoms with Gasteiger partial charge in [-0.3, -0.25) is 0 Å². The maximum atomic E-state index is 13.1. The number of carbonyl (C=O) groups is 1. The summed E-state index contributed by atoms with van der Waals surface area (Å²) in [5, 5.41) is 0. The van der Waals surface area contributed by atoms with E-state index in [0.717, 1.165) is 5.56 Å². The number of nitrogens with two attached hydrogens (primary N) is 1. The van der Waals surface area contributed by atoms with E-state index in [-0.39, 0.29) is 12.4 Å². The lowest BCUT2D eigenvalue weighted by atomic mass is 10.1. The van der Waals surface area contributed by atoms with Gasteiger partial charge in [0, 0.05) is 5.69 Å². The van der Waals surface area contributed by atoms with Gasteiger partial charge in [0.2, 0.25) is 0 Å². The monoisotopic (exact) mass is 337 g/mol. The van der Waals surface area contributed by atoms with E-state index in [4.69, 9.17) is 10.5 Å². The van der Waals surface area contributed by atoms with E-state index >= 15 is 0 Å². The topological polar surface area (TPSA) is 52.3 Å². The maximum Gasteiger partial charge on any atom is 0.338 e. The number of carbonyl (C=O) groups excluding carboxylic acids is 1. The summed E-state index contributed by atoms with van der Waals surface area (Å²) in [6.45, 7) is 1.93. The van der Waals surface area contributed by atoms with Gasteiger partial charge in [0.25, 0.3) is 0 Å². The molecule has 0 atom stereocenters. The number of esters is 1. The Bertz CT molecular complexity index is 638. The smallest absolute Gasteiger partial charge is 0.338 e. The molecular formula is C15H13BrFNO2. The first-order chi connectivity index (χ1) is 9.45. The molecule has 5 heteroatoms. The molecule has 0 aliphatic carbocycles. The number of rotatable bonds is 3. The fraction of sp³-hybridized carbons (Fsp3) is 0.133. The number of benzene rings is 2. The molecule has 104 valence electrons. The van der Waals surface area contributed by atoms with E-state index in [2.05, 4.69) is 15.9 Å². The molecular weight excluding hydrogens is 325 g/mol. The van der Waals surface area contributed by atoms with Gasteiger partial charge in [0.05, 0.1) is 10.0 Å². The van der Waals surface area contributed by atoms with Crippen molar-refractivity contribution in [2.45, 2.75) is 13.5 Å². The molecule has 0 saturated carbocycles. The Balaban J connectivity index is 2.06. The van der Waals surface area contributed by atoms with Crippen LogP contribution < -0.4 is 5.73 Å². The van der Waals surface area contributed by atoms with Gasteiger partial charge in [-0.1, -0.05) is 6.07 Å². The standard InChI is InChI=1S/C15H13BrFNO2/c1-9-4-11(7-12(18)5-9)15(19)20-8-10-2-3-14(17)13(16)6-10/h2-7H,8,18H2,1H3. The molecule has 2 aromatic carbocycles. The Hall–Kier alpha value is -1.88. The van der Waals surface area contributed by atoms with Crippen LogP contribution in [0, 0.1) is 12.7 Å². The molecule has 20 heavy (non-hydrogen) atoms. The second kappa shape index (κ2) is 6.05. The molecule has 2 N–H and O–H groups in total. The summed E-state index contributed by atoms with van der Waals surface area (Å²) in [5.41, 5.74) is 8.20. The minimum absolute atomic E-state index is 0.0750. The van der Waals surface area contributed by atoms with Gasteiger partial charge in [0.1, 0.15) is 12.4 Å². The zero-order valence-corrected chi connectivity index (χ0v) is 12.4. The normalized spacial score (nSPS) is 10.3. The highest BCUT2D eigenvalue weighted by Crippen LogP contribution is 2.18. The van der Waals surface area contributed by atoms with Crippen LogP contribution in [0.1, 0.15) is 21.5 Å². The lowest BCUT2D eigenvalue weighted by Crippen LogP contribution is -2.06. The van der Waals surface area contributed by atoms with Crippen molar-refractivity contribution < 1.29 is 13.9 Å². The molecule has 0 bridgehead atoms. The van der Waals surface area contributed by atoms with E-state index < -0.39 is 5.97 Å². The highest BCUT2D eigenvalue weighted by molar-refractivity contribution is 9.10. The molecule has 0 saturated heterocycles. The lowest BCUT2D eigenvalue weighted by Gasteiger charge is -2.07. The van der Waals surface area contributed by atoms with Gasteiger partial charge in [-0.2, -0.15) is 0 Å². The zero-order valence-electron chi connectivity index (χ0n) is 10.8. The first-order valence-corrected chi connectivity index (χ1v) is 6.73. The predicted octanol–water partition coefficient (Wildman–Crippen LogP) is 3.84. The molecule has 0 radical (unpaired) electrons. The molecule has 0 unspecified atom stereocenters. The molecule has 3 nitrogen and oxygen atoms in total. The van der Waals surface area contributed by atoms with Crippen LogP contribution in [0.15, 0.2) is 40.9 Å². The molecule has 0 heterocycles. The van der Waals surface area contributed by atoms with E-state index in [1.165, 1.54) is 6.07 Å². The van der Waals surface area contributed by atoms with Crippen molar-refractivity contribution in [1.29, 1.82) is 0 Å². The van der Waals surface area contributed by atoms with Crippen molar-refractivity contribution in [2.75, 3.05) is 5.73 Å². The molecule has 0 spiro atoms. The van der Waals surface area contributed by atoms with Gasteiger partial charge >= 0.3 is 5.97 Å². The second-order valence-corrected chi connectivity index (χ2v) is 5.31. The highest BCUT2D eigenvalue weighted by Gasteiger charge is 2.09. The molecule has 0 aliphatic rings. The average molecular weight is 338 g/mol. The van der Waals surface area contributed by atoms with Gasteiger partial charge in [-0.05, 0) is 64.3 Å². The third kappa shape index (κ3) is 3.57. The molecule has 2 aromatic rings. The average Bonchev–Trinajstić information content (AvgIpc) is 2.38. The number of hydrogen-bond donors (Lipinski definition) is 1. The second-order valence-electron chi connectivity index (χ2n) is 4.46. The SMILES string of the molecule is Cc1cc(N)cc(C(=O)OCc2ccc(F)c(Br)c2)c1. The van der Waals surface area contributed by atoms with Crippen molar-refractivity contribution in [3.63, 3.8) is 0 Å². The van der Waals surface area contributed by atoms with Crippen molar-refractivity contribution in [3.05, 3.63) is 63.4 Å². The summed E-state index contributed by atoms with van der Waals surface area (Å²) in [5.74, 6) is -0.813. The Labute approximate surface area is 124 Å². The molecule has 2 rings (SSSR count). The number of hydrogen-bond acceptors (Lipinski definition) is 3. The summed E-state index contributed by atoms with van der Waals surface area (Å²) in [6.07, 6.45) is 0. The van der Waals surface area contributed by atoms with Crippen LogP contribution in [0.25, 0.3) is 0 Å². The first-order valence-electron chi connectivity index (χ1n) is 5.94. The first kappa shape index (κ1) is 14.5. The van der Waals surface area contributed by atoms with E-state index in [1.807, 2.05) is 6.92 Å². The number of aryl methyl sites for hydroxylation is 1. The fourth-order valence-corrected chi connectivity index (χ4v) is 2.22. The van der Waals surface area contributed by atoms with Gasteiger partial charge in [-0.25, -0.2) is 9.18 Å². The van der Waals surface area contributed by atoms with Crippen molar-refractivity contribution >= 4 is 27.6 Å². The summed E-state index contributed by atoms with van der Waals surface area (Å²) in [6, 6.07) is 9.51. The Kier molecular flexibility index (Phi) is 4.39. The third-order valence-corrected chi connectivity index (χ3v) is 3.30. The van der Waals surface area contributed by atoms with Crippen LogP contribution in [0.3, 0.4) is 0 Å². The number of halogens is 2. The van der Waals surface area contributed by atoms with E-state index in [9.17, 15) is 9.18 Å². The van der Waals surface area contributed by atoms with Gasteiger partial charge < -0.3 is 10.5 Å². The Morgan fingerprint density at radius 3 is 2.70 bits per heavy atom. The number of ether oxygens (including phenoxy) is 1. The summed E-state index contributed by atoms with van der Waals surface area (Å²) in [4.78, 5) is 11.9. The van der Waals surface area contributed by atoms with Crippen LogP contribution in [0.5, 0.6) is 0 Å². The van der Waals surface area contributed by atoms with Crippen LogP contribution in [-0.4, -0.2) is 5.97 Å². The Morgan fingerprint density at radius 1 is 1.30 bits per heavy atom. The van der Waals surface area contributed by atoms with Gasteiger partial charge in [-0.15, -0.1) is 0 Å². The quantitative estimate of drug-likeness (QED) is 0.683. The van der Waals surface area contributed by atoms with Crippen molar-refractivity contribution in [2.24, 2.45) is 0 Å². The summed E-state index contributed by atoms with van der Waals surface area (Å²) in [7, 11) is 0. The molecule has 0 aliphatic heterocycles. The highest BCUT2D eigenvalue weighted by atomic mass is 79.9. The molecule has 0 aromatic heterocycles. The minimum atomic E-state index is -0.458. The summed E-state index contributed by atoms with van der Waals surface area (Å²) >= 11 is 3.09. The van der Waals surface area contributed by atoms with Crippen LogP contribution in [0.4, 0.5) is 10.1 Å². The third-order valence-electron chi connectivity index (χ3n) is 2.69. The van der Waals surface area contributed by atoms with Crippen molar-refractivity contribution in [3.8, 4) is 0 Å². The molecule has 0 fully saturated rings. The Morgan fingerprint density at radius 2 is 2.05 bits per heavy atom. The lowest BCUT2D eigenvalue weighted by molar-refractivity contribution is 0.0472. The van der Waals surface area contributed by atoms with E-state index in [0.29, 0.717) is 21.3 Å². The fourth-order valence-electron chi connectivity index (χ4n) is 1.79. The largest absolute Gasteiger partial charge is 0.457 e. The van der Waals surface area contributed by atoms with Crippen LogP contribution in [-0.2, 0) is 11.3 Å². The maximum absolute atomic E-state index is 13.1. The van der Waals surface area contributed by atoms with Crippen molar-refractivity contribution in [1.82, 2.24) is 0 Å². The van der Waals surface area contributed by atoms with Crippen LogP contribution in [0.2, 0.25) is 0 Å². The van der Waals surface area contributed by atoms with Crippen LogP contribution >= 0.6 is 15.9 Å². The van der Waals surface area contributed by atoms with E-state index in [1.54, 1.807) is 30.3 Å². The number of nitrogen functional groups attached to an aromatic ring is 1. The van der Waals surface area contributed by atoms with Gasteiger partial charge in [0.15, 0.2) is 0 Å².